The van der Waals surface area contributed by atoms with Crippen LogP contribution in [-0.4, -0.2) is 23.4 Å². The minimum Gasteiger partial charge on any atom is -0.339 e. The molecule has 1 atom stereocenters. The first-order valence-corrected chi connectivity index (χ1v) is 6.61. The standard InChI is InChI=1S/C15H24N2O/c1-4-17(15(18)9-8-13(3)16)11-14-7-5-6-12(2)10-14/h5-7,10,13H,4,8-9,11,16H2,1-3H3. The third kappa shape index (κ3) is 4.88. The van der Waals surface area contributed by atoms with Gasteiger partial charge in [-0.15, -0.1) is 0 Å². The van der Waals surface area contributed by atoms with E-state index in [2.05, 4.69) is 25.1 Å². The lowest BCUT2D eigenvalue weighted by Gasteiger charge is -2.21. The molecule has 100 valence electrons. The lowest BCUT2D eigenvalue weighted by molar-refractivity contribution is -0.131. The molecule has 1 aromatic rings. The summed E-state index contributed by atoms with van der Waals surface area (Å²) in [4.78, 5) is 13.9. The first kappa shape index (κ1) is 14.7. The second kappa shape index (κ2) is 7.17. The van der Waals surface area contributed by atoms with Crippen molar-refractivity contribution in [1.29, 1.82) is 0 Å². The molecule has 0 aliphatic heterocycles. The van der Waals surface area contributed by atoms with Gasteiger partial charge in [0.15, 0.2) is 0 Å². The quantitative estimate of drug-likeness (QED) is 0.840. The van der Waals surface area contributed by atoms with Crippen molar-refractivity contribution < 1.29 is 4.79 Å². The molecule has 3 nitrogen and oxygen atoms in total. The Labute approximate surface area is 110 Å². The van der Waals surface area contributed by atoms with E-state index in [4.69, 9.17) is 5.73 Å². The summed E-state index contributed by atoms with van der Waals surface area (Å²) in [5.74, 6) is 0.191. The maximum atomic E-state index is 12.0. The van der Waals surface area contributed by atoms with Gasteiger partial charge in [0.25, 0.3) is 0 Å². The van der Waals surface area contributed by atoms with Crippen molar-refractivity contribution in [2.45, 2.75) is 46.2 Å². The van der Waals surface area contributed by atoms with Crippen LogP contribution in [0.15, 0.2) is 24.3 Å². The van der Waals surface area contributed by atoms with Gasteiger partial charge in [-0.3, -0.25) is 4.79 Å². The highest BCUT2D eigenvalue weighted by Gasteiger charge is 2.12. The molecule has 0 bridgehead atoms. The maximum absolute atomic E-state index is 12.0. The van der Waals surface area contributed by atoms with Crippen molar-refractivity contribution >= 4 is 5.91 Å². The molecular formula is C15H24N2O. The van der Waals surface area contributed by atoms with Crippen molar-refractivity contribution in [2.75, 3.05) is 6.54 Å². The Morgan fingerprint density at radius 3 is 2.72 bits per heavy atom. The van der Waals surface area contributed by atoms with E-state index in [9.17, 15) is 4.79 Å². The second-order valence-corrected chi connectivity index (χ2v) is 4.91. The van der Waals surface area contributed by atoms with Crippen LogP contribution in [-0.2, 0) is 11.3 Å². The number of nitrogens with zero attached hydrogens (tertiary/aromatic N) is 1. The van der Waals surface area contributed by atoms with Crippen molar-refractivity contribution in [2.24, 2.45) is 5.73 Å². The fraction of sp³-hybridized carbons (Fsp3) is 0.533. The Hall–Kier alpha value is -1.35. The van der Waals surface area contributed by atoms with Crippen LogP contribution in [0.25, 0.3) is 0 Å². The fourth-order valence-electron chi connectivity index (χ4n) is 1.92. The molecule has 0 radical (unpaired) electrons. The zero-order valence-electron chi connectivity index (χ0n) is 11.6. The molecule has 1 unspecified atom stereocenters. The third-order valence-corrected chi connectivity index (χ3v) is 3.00. The number of hydrogen-bond donors (Lipinski definition) is 1. The van der Waals surface area contributed by atoms with Crippen molar-refractivity contribution in [3.63, 3.8) is 0 Å². The van der Waals surface area contributed by atoms with Crippen LogP contribution >= 0.6 is 0 Å². The molecule has 2 N–H and O–H groups in total. The summed E-state index contributed by atoms with van der Waals surface area (Å²) < 4.78 is 0. The van der Waals surface area contributed by atoms with Crippen LogP contribution < -0.4 is 5.73 Å². The number of carbonyl (C=O) groups excluding carboxylic acids is 1. The second-order valence-electron chi connectivity index (χ2n) is 4.91. The van der Waals surface area contributed by atoms with Gasteiger partial charge in [0.1, 0.15) is 0 Å². The van der Waals surface area contributed by atoms with Crippen molar-refractivity contribution in [3.8, 4) is 0 Å². The number of aryl methyl sites for hydroxylation is 1. The molecule has 1 amide bonds. The molecular weight excluding hydrogens is 224 g/mol. The number of carbonyl (C=O) groups is 1. The molecule has 0 saturated heterocycles. The van der Waals surface area contributed by atoms with Gasteiger partial charge < -0.3 is 10.6 Å². The van der Waals surface area contributed by atoms with E-state index in [1.807, 2.05) is 24.8 Å². The molecule has 1 rings (SSSR count). The van der Waals surface area contributed by atoms with Gasteiger partial charge in [0.05, 0.1) is 0 Å². The van der Waals surface area contributed by atoms with E-state index in [1.54, 1.807) is 0 Å². The lowest BCUT2D eigenvalue weighted by Crippen LogP contribution is -2.31. The first-order valence-electron chi connectivity index (χ1n) is 6.61. The number of benzene rings is 1. The van der Waals surface area contributed by atoms with Crippen LogP contribution in [0.5, 0.6) is 0 Å². The Balaban J connectivity index is 2.58. The smallest absolute Gasteiger partial charge is 0.222 e. The molecule has 0 aromatic heterocycles. The summed E-state index contributed by atoms with van der Waals surface area (Å²) >= 11 is 0. The highest BCUT2D eigenvalue weighted by molar-refractivity contribution is 5.76. The summed E-state index contributed by atoms with van der Waals surface area (Å²) in [6.45, 7) is 7.45. The molecule has 18 heavy (non-hydrogen) atoms. The number of amides is 1. The van der Waals surface area contributed by atoms with Crippen LogP contribution in [0.4, 0.5) is 0 Å². The van der Waals surface area contributed by atoms with Gasteiger partial charge in [-0.1, -0.05) is 29.8 Å². The predicted molar refractivity (Wildman–Crippen MR) is 75.2 cm³/mol. The Morgan fingerprint density at radius 2 is 2.17 bits per heavy atom. The molecule has 0 spiro atoms. The van der Waals surface area contributed by atoms with E-state index in [0.29, 0.717) is 13.0 Å². The van der Waals surface area contributed by atoms with E-state index < -0.39 is 0 Å². The van der Waals surface area contributed by atoms with Crippen molar-refractivity contribution in [1.82, 2.24) is 4.90 Å². The molecule has 0 fully saturated rings. The zero-order chi connectivity index (χ0) is 13.5. The Bertz CT molecular complexity index is 388. The highest BCUT2D eigenvalue weighted by atomic mass is 16.2. The maximum Gasteiger partial charge on any atom is 0.222 e. The van der Waals surface area contributed by atoms with Crippen LogP contribution in [0.1, 0.15) is 37.8 Å². The highest BCUT2D eigenvalue weighted by Crippen LogP contribution is 2.09. The van der Waals surface area contributed by atoms with E-state index in [-0.39, 0.29) is 11.9 Å². The Morgan fingerprint density at radius 1 is 1.44 bits per heavy atom. The molecule has 3 heteroatoms. The van der Waals surface area contributed by atoms with Crippen LogP contribution in [0, 0.1) is 6.92 Å². The van der Waals surface area contributed by atoms with Gasteiger partial charge in [-0.2, -0.15) is 0 Å². The summed E-state index contributed by atoms with van der Waals surface area (Å²) in [6, 6.07) is 8.38. The van der Waals surface area contributed by atoms with Crippen molar-refractivity contribution in [3.05, 3.63) is 35.4 Å². The largest absolute Gasteiger partial charge is 0.339 e. The van der Waals surface area contributed by atoms with E-state index >= 15 is 0 Å². The summed E-state index contributed by atoms with van der Waals surface area (Å²) in [5, 5.41) is 0. The average molecular weight is 248 g/mol. The zero-order valence-corrected chi connectivity index (χ0v) is 11.6. The topological polar surface area (TPSA) is 46.3 Å². The van der Waals surface area contributed by atoms with E-state index in [0.717, 1.165) is 13.0 Å². The van der Waals surface area contributed by atoms with Gasteiger partial charge in [-0.05, 0) is 32.8 Å². The number of rotatable bonds is 6. The summed E-state index contributed by atoms with van der Waals surface area (Å²) in [7, 11) is 0. The third-order valence-electron chi connectivity index (χ3n) is 3.00. The molecule has 0 heterocycles. The predicted octanol–water partition coefficient (Wildman–Crippen LogP) is 2.47. The van der Waals surface area contributed by atoms with Gasteiger partial charge >= 0.3 is 0 Å². The SMILES string of the molecule is CCN(Cc1cccc(C)c1)C(=O)CCC(C)N. The fourth-order valence-corrected chi connectivity index (χ4v) is 1.92. The van der Waals surface area contributed by atoms with Crippen LogP contribution in [0.3, 0.4) is 0 Å². The van der Waals surface area contributed by atoms with Gasteiger partial charge in [0.2, 0.25) is 5.91 Å². The Kier molecular flexibility index (Phi) is 5.86. The lowest BCUT2D eigenvalue weighted by atomic mass is 10.1. The minimum absolute atomic E-state index is 0.0895. The summed E-state index contributed by atoms with van der Waals surface area (Å²) in [6.07, 6.45) is 1.29. The average Bonchev–Trinajstić information content (AvgIpc) is 2.33. The molecule has 1 aromatic carbocycles. The van der Waals surface area contributed by atoms with Crippen LogP contribution in [0.2, 0.25) is 0 Å². The normalized spacial score (nSPS) is 12.2. The molecule has 0 saturated carbocycles. The summed E-state index contributed by atoms with van der Waals surface area (Å²) in [5.41, 5.74) is 8.10. The van der Waals surface area contributed by atoms with Gasteiger partial charge in [-0.25, -0.2) is 0 Å². The number of nitrogens with two attached hydrogens (primary N) is 1. The molecule has 0 aliphatic rings. The minimum atomic E-state index is 0.0895. The number of hydrogen-bond acceptors (Lipinski definition) is 2. The molecule has 0 aliphatic carbocycles. The van der Waals surface area contributed by atoms with E-state index in [1.165, 1.54) is 11.1 Å². The first-order chi connectivity index (χ1) is 8.52. The van der Waals surface area contributed by atoms with Gasteiger partial charge in [0, 0.05) is 25.6 Å². The monoisotopic (exact) mass is 248 g/mol.